The maximum Gasteiger partial charge on any atom is 0.342 e. The third-order valence-electron chi connectivity index (χ3n) is 5.16. The smallest absolute Gasteiger partial charge is 0.342 e. The van der Waals surface area contributed by atoms with Crippen LogP contribution in [0.4, 0.5) is 5.82 Å². The maximum absolute atomic E-state index is 12.2. The Morgan fingerprint density at radius 2 is 2.00 bits per heavy atom. The summed E-state index contributed by atoms with van der Waals surface area (Å²) in [5.41, 5.74) is 4.02. The van der Waals surface area contributed by atoms with Crippen molar-refractivity contribution in [2.45, 2.75) is 39.7 Å². The average Bonchev–Trinajstić information content (AvgIpc) is 3.13. The SMILES string of the molecule is COc1c(C)c2c(c(OC)c1C/C=C(\C)CCC(=O)Nc1ccccn1)C(=O)OC2. The third kappa shape index (κ3) is 4.45. The highest BCUT2D eigenvalue weighted by Gasteiger charge is 2.32. The topological polar surface area (TPSA) is 86.8 Å². The molecule has 0 saturated heterocycles. The summed E-state index contributed by atoms with van der Waals surface area (Å²) in [7, 11) is 3.14. The fraction of sp³-hybridized carbons (Fsp3) is 0.348. The summed E-state index contributed by atoms with van der Waals surface area (Å²) in [6.07, 6.45) is 5.13. The second-order valence-electron chi connectivity index (χ2n) is 7.12. The molecule has 158 valence electrons. The summed E-state index contributed by atoms with van der Waals surface area (Å²) in [6.45, 7) is 4.12. The standard InChI is InChI=1S/C23H26N2O5/c1-14(9-11-19(26)25-18-7-5-6-12-24-18)8-10-16-21(28-3)15(2)17-13-30-23(27)20(17)22(16)29-4/h5-8,12H,9-11,13H2,1-4H3,(H,24,25,26)/b14-8+. The van der Waals surface area contributed by atoms with Gasteiger partial charge in [0, 0.05) is 23.7 Å². The number of anilines is 1. The molecule has 0 atom stereocenters. The zero-order valence-electron chi connectivity index (χ0n) is 17.7. The highest BCUT2D eigenvalue weighted by molar-refractivity contribution is 5.98. The minimum absolute atomic E-state index is 0.0901. The molecule has 0 aliphatic carbocycles. The van der Waals surface area contributed by atoms with E-state index in [4.69, 9.17) is 14.2 Å². The number of rotatable bonds is 8. The van der Waals surface area contributed by atoms with Gasteiger partial charge in [-0.1, -0.05) is 17.7 Å². The van der Waals surface area contributed by atoms with Crippen LogP contribution in [0.15, 0.2) is 36.0 Å². The lowest BCUT2D eigenvalue weighted by molar-refractivity contribution is -0.116. The number of methoxy groups -OCH3 is 2. The zero-order chi connectivity index (χ0) is 21.7. The van der Waals surface area contributed by atoms with Crippen molar-refractivity contribution < 1.29 is 23.8 Å². The number of pyridine rings is 1. The second-order valence-corrected chi connectivity index (χ2v) is 7.12. The molecule has 3 rings (SSSR count). The predicted molar refractivity (Wildman–Crippen MR) is 113 cm³/mol. The number of aromatic nitrogens is 1. The highest BCUT2D eigenvalue weighted by atomic mass is 16.5. The van der Waals surface area contributed by atoms with Crippen LogP contribution < -0.4 is 14.8 Å². The molecule has 2 aromatic rings. The van der Waals surface area contributed by atoms with Gasteiger partial charge in [0.05, 0.1) is 14.2 Å². The number of amides is 1. The first-order valence-corrected chi connectivity index (χ1v) is 9.76. The molecular weight excluding hydrogens is 384 g/mol. The number of nitrogens with one attached hydrogen (secondary N) is 1. The van der Waals surface area contributed by atoms with Crippen LogP contribution in [0.2, 0.25) is 0 Å². The Balaban J connectivity index is 1.73. The molecule has 0 fully saturated rings. The van der Waals surface area contributed by atoms with Crippen LogP contribution in [0.1, 0.15) is 46.8 Å². The van der Waals surface area contributed by atoms with Gasteiger partial charge in [0.25, 0.3) is 0 Å². The van der Waals surface area contributed by atoms with Crippen molar-refractivity contribution in [3.05, 3.63) is 58.3 Å². The summed E-state index contributed by atoms with van der Waals surface area (Å²) in [4.78, 5) is 28.4. The molecule has 0 bridgehead atoms. The van der Waals surface area contributed by atoms with Crippen molar-refractivity contribution in [2.24, 2.45) is 0 Å². The Morgan fingerprint density at radius 3 is 2.67 bits per heavy atom. The number of allylic oxidation sites excluding steroid dienone is 2. The Hall–Kier alpha value is -3.35. The van der Waals surface area contributed by atoms with E-state index in [1.807, 2.05) is 26.0 Å². The van der Waals surface area contributed by atoms with Crippen LogP contribution in [0.25, 0.3) is 0 Å². The Labute approximate surface area is 176 Å². The molecule has 1 N–H and O–H groups in total. The van der Waals surface area contributed by atoms with E-state index in [1.165, 1.54) is 7.11 Å². The van der Waals surface area contributed by atoms with Gasteiger partial charge in [-0.15, -0.1) is 0 Å². The molecule has 7 heteroatoms. The van der Waals surface area contributed by atoms with E-state index < -0.39 is 0 Å². The molecule has 1 aromatic carbocycles. The van der Waals surface area contributed by atoms with Crippen molar-refractivity contribution >= 4 is 17.7 Å². The van der Waals surface area contributed by atoms with E-state index in [9.17, 15) is 9.59 Å². The van der Waals surface area contributed by atoms with Gasteiger partial charge >= 0.3 is 5.97 Å². The fourth-order valence-electron chi connectivity index (χ4n) is 3.57. The first kappa shape index (κ1) is 21.4. The van der Waals surface area contributed by atoms with Crippen molar-refractivity contribution in [1.29, 1.82) is 0 Å². The molecule has 1 aliphatic rings. The Kier molecular flexibility index (Phi) is 6.72. The van der Waals surface area contributed by atoms with Gasteiger partial charge in [-0.05, 0) is 44.4 Å². The lowest BCUT2D eigenvalue weighted by Gasteiger charge is -2.18. The van der Waals surface area contributed by atoms with E-state index in [0.717, 1.165) is 22.3 Å². The van der Waals surface area contributed by atoms with Crippen molar-refractivity contribution in [3.63, 3.8) is 0 Å². The maximum atomic E-state index is 12.2. The number of fused-ring (bicyclic) bond motifs is 1. The van der Waals surface area contributed by atoms with Crippen molar-refractivity contribution in [3.8, 4) is 11.5 Å². The number of carbonyl (C=O) groups is 2. The minimum Gasteiger partial charge on any atom is -0.496 e. The van der Waals surface area contributed by atoms with Gasteiger partial charge in [0.2, 0.25) is 5.91 Å². The number of esters is 1. The number of carbonyl (C=O) groups excluding carboxylic acids is 2. The van der Waals surface area contributed by atoms with Gasteiger partial charge in [-0.2, -0.15) is 0 Å². The van der Waals surface area contributed by atoms with Crippen LogP contribution >= 0.6 is 0 Å². The molecule has 30 heavy (non-hydrogen) atoms. The molecule has 1 aliphatic heterocycles. The summed E-state index contributed by atoms with van der Waals surface area (Å²) in [5.74, 6) is 1.26. The van der Waals surface area contributed by atoms with E-state index in [-0.39, 0.29) is 18.5 Å². The number of cyclic esters (lactones) is 1. The fourth-order valence-corrected chi connectivity index (χ4v) is 3.57. The Morgan fingerprint density at radius 1 is 1.23 bits per heavy atom. The van der Waals surface area contributed by atoms with Gasteiger partial charge in [0.1, 0.15) is 29.5 Å². The number of ether oxygens (including phenoxy) is 3. The van der Waals surface area contributed by atoms with Gasteiger partial charge in [-0.25, -0.2) is 9.78 Å². The van der Waals surface area contributed by atoms with Crippen LogP contribution in [0.5, 0.6) is 11.5 Å². The summed E-state index contributed by atoms with van der Waals surface area (Å²) in [6, 6.07) is 5.37. The zero-order valence-corrected chi connectivity index (χ0v) is 17.7. The predicted octanol–water partition coefficient (Wildman–Crippen LogP) is 3.99. The summed E-state index contributed by atoms with van der Waals surface area (Å²) in [5, 5.41) is 2.78. The normalized spacial score (nSPS) is 12.9. The summed E-state index contributed by atoms with van der Waals surface area (Å²) >= 11 is 0. The molecule has 1 amide bonds. The van der Waals surface area contributed by atoms with Crippen LogP contribution in [0.3, 0.4) is 0 Å². The summed E-state index contributed by atoms with van der Waals surface area (Å²) < 4.78 is 16.4. The van der Waals surface area contributed by atoms with Crippen LogP contribution in [-0.2, 0) is 22.6 Å². The highest BCUT2D eigenvalue weighted by Crippen LogP contribution is 2.42. The molecule has 1 aromatic heterocycles. The molecule has 0 unspecified atom stereocenters. The Bertz CT molecular complexity index is 983. The number of nitrogens with zero attached hydrogens (tertiary/aromatic N) is 1. The number of hydrogen-bond donors (Lipinski definition) is 1. The van der Waals surface area contributed by atoms with Gasteiger partial charge < -0.3 is 19.5 Å². The van der Waals surface area contributed by atoms with Crippen molar-refractivity contribution in [2.75, 3.05) is 19.5 Å². The largest absolute Gasteiger partial charge is 0.496 e. The molecule has 0 spiro atoms. The quantitative estimate of drug-likeness (QED) is 0.523. The molecule has 0 radical (unpaired) electrons. The minimum atomic E-state index is -0.374. The first-order chi connectivity index (χ1) is 14.5. The molecular formula is C23H26N2O5. The number of hydrogen-bond acceptors (Lipinski definition) is 6. The molecule has 7 nitrogen and oxygen atoms in total. The average molecular weight is 410 g/mol. The van der Waals surface area contributed by atoms with E-state index >= 15 is 0 Å². The monoisotopic (exact) mass is 410 g/mol. The van der Waals surface area contributed by atoms with Crippen LogP contribution in [-0.4, -0.2) is 31.1 Å². The van der Waals surface area contributed by atoms with Crippen molar-refractivity contribution in [1.82, 2.24) is 4.98 Å². The second kappa shape index (κ2) is 9.43. The number of benzene rings is 1. The first-order valence-electron chi connectivity index (χ1n) is 9.76. The van der Waals surface area contributed by atoms with E-state index in [1.54, 1.807) is 25.4 Å². The lowest BCUT2D eigenvalue weighted by atomic mass is 9.94. The van der Waals surface area contributed by atoms with Gasteiger partial charge in [-0.3, -0.25) is 4.79 Å². The van der Waals surface area contributed by atoms with Gasteiger partial charge in [0.15, 0.2) is 0 Å². The molecule has 0 saturated carbocycles. The molecule has 2 heterocycles. The van der Waals surface area contributed by atoms with E-state index in [0.29, 0.717) is 42.1 Å². The van der Waals surface area contributed by atoms with E-state index in [2.05, 4.69) is 10.3 Å². The van der Waals surface area contributed by atoms with Crippen LogP contribution in [0, 0.1) is 6.92 Å². The third-order valence-corrected chi connectivity index (χ3v) is 5.16. The lowest BCUT2D eigenvalue weighted by Crippen LogP contribution is -2.12.